The Kier molecular flexibility index (Phi) is 9.14. The van der Waals surface area contributed by atoms with Crippen molar-refractivity contribution in [3.05, 3.63) is 59.2 Å². The number of guanidine groups is 1. The minimum absolute atomic E-state index is 0. The number of aromatic nitrogens is 1. The number of anilines is 1. The number of nitrogens with one attached hydrogen (secondary N) is 1. The van der Waals surface area contributed by atoms with Gasteiger partial charge >= 0.3 is 0 Å². The van der Waals surface area contributed by atoms with Crippen molar-refractivity contribution in [2.75, 3.05) is 44.7 Å². The summed E-state index contributed by atoms with van der Waals surface area (Å²) in [6, 6.07) is 14.1. The number of rotatable bonds is 5. The van der Waals surface area contributed by atoms with E-state index in [4.69, 9.17) is 11.6 Å². The third-order valence-corrected chi connectivity index (χ3v) is 5.00. The number of pyridine rings is 1. The van der Waals surface area contributed by atoms with Crippen molar-refractivity contribution in [1.82, 2.24) is 15.2 Å². The van der Waals surface area contributed by atoms with Crippen LogP contribution in [0.4, 0.5) is 5.82 Å². The number of piperazine rings is 1. The molecule has 1 aromatic heterocycles. The summed E-state index contributed by atoms with van der Waals surface area (Å²) in [6.45, 7) is 4.69. The number of aliphatic imine (C=N–C) groups is 1. The lowest BCUT2D eigenvalue weighted by molar-refractivity contribution is 0.371. The zero-order chi connectivity index (χ0) is 18.2. The van der Waals surface area contributed by atoms with Crippen LogP contribution >= 0.6 is 35.6 Å². The Morgan fingerprint density at radius 1 is 1.11 bits per heavy atom. The van der Waals surface area contributed by atoms with Gasteiger partial charge in [-0.05, 0) is 36.6 Å². The molecule has 1 saturated heterocycles. The molecule has 1 aliphatic rings. The molecule has 0 radical (unpaired) electrons. The second-order valence-electron chi connectivity index (χ2n) is 6.33. The molecule has 7 heteroatoms. The SMILES string of the molecule is CN=C(NCCCc1ccccc1Cl)N1CCN(c2ccccn2)CC1.I. The molecule has 2 aromatic rings. The van der Waals surface area contributed by atoms with Gasteiger partial charge in [-0.15, -0.1) is 24.0 Å². The van der Waals surface area contributed by atoms with E-state index in [1.165, 1.54) is 5.56 Å². The van der Waals surface area contributed by atoms with Gasteiger partial charge in [0.25, 0.3) is 0 Å². The average molecular weight is 500 g/mol. The van der Waals surface area contributed by atoms with Crippen LogP contribution in [0.25, 0.3) is 0 Å². The van der Waals surface area contributed by atoms with Crippen LogP contribution in [0.2, 0.25) is 5.02 Å². The molecule has 1 fully saturated rings. The van der Waals surface area contributed by atoms with Crippen molar-refractivity contribution < 1.29 is 0 Å². The van der Waals surface area contributed by atoms with Gasteiger partial charge < -0.3 is 15.1 Å². The average Bonchev–Trinajstić information content (AvgIpc) is 2.70. The Hall–Kier alpha value is -1.54. The van der Waals surface area contributed by atoms with Crippen molar-refractivity contribution in [3.8, 4) is 0 Å². The van der Waals surface area contributed by atoms with Gasteiger partial charge in [0, 0.05) is 51.0 Å². The molecule has 0 unspecified atom stereocenters. The summed E-state index contributed by atoms with van der Waals surface area (Å²) >= 11 is 6.22. The molecule has 0 atom stereocenters. The molecule has 0 bridgehead atoms. The van der Waals surface area contributed by atoms with E-state index in [9.17, 15) is 0 Å². The highest BCUT2D eigenvalue weighted by molar-refractivity contribution is 14.0. The molecule has 3 rings (SSSR count). The van der Waals surface area contributed by atoms with E-state index in [1.54, 1.807) is 0 Å². The highest BCUT2D eigenvalue weighted by Gasteiger charge is 2.20. The van der Waals surface area contributed by atoms with E-state index in [0.717, 1.165) is 62.4 Å². The first-order chi connectivity index (χ1) is 12.8. The molecule has 27 heavy (non-hydrogen) atoms. The molecule has 146 valence electrons. The summed E-state index contributed by atoms with van der Waals surface area (Å²) in [7, 11) is 1.85. The molecule has 1 N–H and O–H groups in total. The zero-order valence-electron chi connectivity index (χ0n) is 15.6. The van der Waals surface area contributed by atoms with E-state index >= 15 is 0 Å². The number of nitrogens with zero attached hydrogens (tertiary/aromatic N) is 4. The first kappa shape index (κ1) is 21.8. The standard InChI is InChI=1S/C20H26ClN5.HI/c1-22-20(24-12-6-8-17-7-2-3-9-18(17)21)26-15-13-25(14-16-26)19-10-4-5-11-23-19;/h2-5,7,9-11H,6,8,12-16H2,1H3,(H,22,24);1H. The van der Waals surface area contributed by atoms with Gasteiger partial charge in [-0.1, -0.05) is 35.9 Å². The minimum atomic E-state index is 0. The Morgan fingerprint density at radius 2 is 1.85 bits per heavy atom. The zero-order valence-corrected chi connectivity index (χ0v) is 18.7. The third kappa shape index (κ3) is 6.24. The van der Waals surface area contributed by atoms with Crippen LogP contribution in [-0.4, -0.2) is 55.6 Å². The maximum absolute atomic E-state index is 6.22. The Morgan fingerprint density at radius 3 is 2.52 bits per heavy atom. The fraction of sp³-hybridized carbons (Fsp3) is 0.400. The van der Waals surface area contributed by atoms with Gasteiger partial charge in [-0.2, -0.15) is 0 Å². The van der Waals surface area contributed by atoms with Crippen LogP contribution in [0.5, 0.6) is 0 Å². The molecule has 0 aliphatic carbocycles. The van der Waals surface area contributed by atoms with E-state index in [-0.39, 0.29) is 24.0 Å². The van der Waals surface area contributed by atoms with Crippen LogP contribution < -0.4 is 10.2 Å². The fourth-order valence-electron chi connectivity index (χ4n) is 3.20. The molecule has 1 aliphatic heterocycles. The van der Waals surface area contributed by atoms with Crippen molar-refractivity contribution in [2.24, 2.45) is 4.99 Å². The number of hydrogen-bond donors (Lipinski definition) is 1. The molecule has 0 saturated carbocycles. The molecule has 1 aromatic carbocycles. The van der Waals surface area contributed by atoms with Crippen LogP contribution in [0, 0.1) is 0 Å². The Bertz CT molecular complexity index is 717. The van der Waals surface area contributed by atoms with Crippen LogP contribution in [-0.2, 0) is 6.42 Å². The smallest absolute Gasteiger partial charge is 0.193 e. The Labute approximate surface area is 183 Å². The lowest BCUT2D eigenvalue weighted by atomic mass is 10.1. The first-order valence-electron chi connectivity index (χ1n) is 9.13. The van der Waals surface area contributed by atoms with E-state index in [0.29, 0.717) is 0 Å². The maximum Gasteiger partial charge on any atom is 0.193 e. The van der Waals surface area contributed by atoms with Crippen molar-refractivity contribution in [2.45, 2.75) is 12.8 Å². The van der Waals surface area contributed by atoms with E-state index in [1.807, 2.05) is 43.6 Å². The van der Waals surface area contributed by atoms with Crippen LogP contribution in [0.3, 0.4) is 0 Å². The Balaban J connectivity index is 0.00000261. The summed E-state index contributed by atoms with van der Waals surface area (Å²) in [6.07, 6.45) is 3.84. The quantitative estimate of drug-likeness (QED) is 0.295. The van der Waals surface area contributed by atoms with Crippen LogP contribution in [0.1, 0.15) is 12.0 Å². The fourth-order valence-corrected chi connectivity index (χ4v) is 3.43. The number of halogens is 2. The van der Waals surface area contributed by atoms with Crippen molar-refractivity contribution in [3.63, 3.8) is 0 Å². The summed E-state index contributed by atoms with van der Waals surface area (Å²) in [5.41, 5.74) is 1.20. The van der Waals surface area contributed by atoms with Crippen molar-refractivity contribution >= 4 is 47.4 Å². The minimum Gasteiger partial charge on any atom is -0.356 e. The maximum atomic E-state index is 6.22. The predicted octanol–water partition coefficient (Wildman–Crippen LogP) is 3.68. The third-order valence-electron chi connectivity index (χ3n) is 4.63. The number of aryl methyl sites for hydroxylation is 1. The monoisotopic (exact) mass is 499 g/mol. The van der Waals surface area contributed by atoms with Gasteiger partial charge in [0.1, 0.15) is 5.82 Å². The second kappa shape index (κ2) is 11.3. The highest BCUT2D eigenvalue weighted by atomic mass is 127. The molecule has 0 amide bonds. The lowest BCUT2D eigenvalue weighted by Gasteiger charge is -2.37. The van der Waals surface area contributed by atoms with E-state index in [2.05, 4.69) is 37.2 Å². The van der Waals surface area contributed by atoms with Gasteiger partial charge in [0.2, 0.25) is 0 Å². The van der Waals surface area contributed by atoms with Gasteiger partial charge in [0.05, 0.1) is 0 Å². The molecule has 0 spiro atoms. The first-order valence-corrected chi connectivity index (χ1v) is 9.50. The van der Waals surface area contributed by atoms with Gasteiger partial charge in [0.15, 0.2) is 5.96 Å². The largest absolute Gasteiger partial charge is 0.356 e. The molecule has 5 nitrogen and oxygen atoms in total. The van der Waals surface area contributed by atoms with Gasteiger partial charge in [-0.3, -0.25) is 4.99 Å². The van der Waals surface area contributed by atoms with Crippen LogP contribution in [0.15, 0.2) is 53.7 Å². The topological polar surface area (TPSA) is 43.8 Å². The summed E-state index contributed by atoms with van der Waals surface area (Å²) < 4.78 is 0. The summed E-state index contributed by atoms with van der Waals surface area (Å²) in [5, 5.41) is 4.33. The highest BCUT2D eigenvalue weighted by Crippen LogP contribution is 2.16. The molecular weight excluding hydrogens is 473 g/mol. The summed E-state index contributed by atoms with van der Waals surface area (Å²) in [5.74, 6) is 2.03. The van der Waals surface area contributed by atoms with E-state index < -0.39 is 0 Å². The molecule has 2 heterocycles. The van der Waals surface area contributed by atoms with Crippen molar-refractivity contribution in [1.29, 1.82) is 0 Å². The lowest BCUT2D eigenvalue weighted by Crippen LogP contribution is -2.52. The summed E-state index contributed by atoms with van der Waals surface area (Å²) in [4.78, 5) is 13.5. The number of hydrogen-bond acceptors (Lipinski definition) is 3. The van der Waals surface area contributed by atoms with Gasteiger partial charge in [-0.25, -0.2) is 4.98 Å². The second-order valence-corrected chi connectivity index (χ2v) is 6.74. The predicted molar refractivity (Wildman–Crippen MR) is 125 cm³/mol. The number of benzene rings is 1. The normalized spacial score (nSPS) is 14.7. The molecular formula is C20H27ClIN5.